The summed E-state index contributed by atoms with van der Waals surface area (Å²) in [6.07, 6.45) is 3.64. The number of piperidine rings is 1. The average Bonchev–Trinajstić information content (AvgIpc) is 2.70. The molecule has 3 rings (SSSR count). The standard InChI is InChI=1S/C23H30N2O2/c1-27-16-6-9-19-7-5-8-20(17-19)18-25-14-12-23(13-15-25,22(24)26)21-10-3-2-4-11-21/h2-5,7-8,10-11,17H,6,9,12-16,18H2,1H3,(H2,24,26). The SMILES string of the molecule is COCCCc1cccc(CN2CCC(C(N)=O)(c3ccccc3)CC2)c1. The van der Waals surface area contributed by atoms with Crippen molar-refractivity contribution in [2.45, 2.75) is 37.6 Å². The number of likely N-dealkylation sites (tertiary alicyclic amines) is 1. The molecule has 4 nitrogen and oxygen atoms in total. The zero-order valence-corrected chi connectivity index (χ0v) is 16.2. The Bertz CT molecular complexity index is 737. The summed E-state index contributed by atoms with van der Waals surface area (Å²) in [4.78, 5) is 14.7. The van der Waals surface area contributed by atoms with Crippen LogP contribution in [0.15, 0.2) is 54.6 Å². The van der Waals surface area contributed by atoms with E-state index >= 15 is 0 Å². The molecular weight excluding hydrogens is 336 g/mol. The molecule has 1 saturated heterocycles. The van der Waals surface area contributed by atoms with Gasteiger partial charge in [-0.05, 0) is 55.5 Å². The van der Waals surface area contributed by atoms with Crippen LogP contribution < -0.4 is 5.73 Å². The van der Waals surface area contributed by atoms with Crippen LogP contribution in [0.4, 0.5) is 0 Å². The fourth-order valence-corrected chi connectivity index (χ4v) is 4.09. The number of nitrogens with zero attached hydrogens (tertiary/aromatic N) is 1. The van der Waals surface area contributed by atoms with Gasteiger partial charge in [0.1, 0.15) is 0 Å². The maximum Gasteiger partial charge on any atom is 0.228 e. The first kappa shape index (κ1) is 19.6. The summed E-state index contributed by atoms with van der Waals surface area (Å²) in [5.74, 6) is -0.200. The molecule has 0 spiro atoms. The third kappa shape index (κ3) is 4.76. The number of aryl methyl sites for hydroxylation is 1. The first-order valence-corrected chi connectivity index (χ1v) is 9.78. The summed E-state index contributed by atoms with van der Waals surface area (Å²) >= 11 is 0. The Labute approximate surface area is 162 Å². The summed E-state index contributed by atoms with van der Waals surface area (Å²) < 4.78 is 5.14. The summed E-state index contributed by atoms with van der Waals surface area (Å²) in [6, 6.07) is 18.8. The van der Waals surface area contributed by atoms with E-state index in [9.17, 15) is 4.79 Å². The van der Waals surface area contributed by atoms with E-state index in [0.29, 0.717) is 0 Å². The molecule has 1 aliphatic heterocycles. The third-order valence-electron chi connectivity index (χ3n) is 5.72. The van der Waals surface area contributed by atoms with Crippen molar-refractivity contribution in [3.05, 3.63) is 71.3 Å². The number of amides is 1. The lowest BCUT2D eigenvalue weighted by Gasteiger charge is -2.40. The predicted octanol–water partition coefficient (Wildman–Crippen LogP) is 3.28. The Morgan fingerprint density at radius 2 is 1.78 bits per heavy atom. The van der Waals surface area contributed by atoms with E-state index in [2.05, 4.69) is 29.2 Å². The van der Waals surface area contributed by atoms with Gasteiger partial charge in [0.2, 0.25) is 5.91 Å². The molecule has 0 unspecified atom stereocenters. The molecule has 1 heterocycles. The lowest BCUT2D eigenvalue weighted by Crippen LogP contribution is -2.49. The molecule has 2 N–H and O–H groups in total. The van der Waals surface area contributed by atoms with Crippen molar-refractivity contribution >= 4 is 5.91 Å². The molecule has 1 amide bonds. The highest BCUT2D eigenvalue weighted by Gasteiger charge is 2.41. The lowest BCUT2D eigenvalue weighted by atomic mass is 9.72. The Balaban J connectivity index is 1.62. The normalized spacial score (nSPS) is 16.9. The number of hydrogen-bond acceptors (Lipinski definition) is 3. The fourth-order valence-electron chi connectivity index (χ4n) is 4.09. The lowest BCUT2D eigenvalue weighted by molar-refractivity contribution is -0.125. The topological polar surface area (TPSA) is 55.6 Å². The van der Waals surface area contributed by atoms with E-state index in [-0.39, 0.29) is 5.91 Å². The monoisotopic (exact) mass is 366 g/mol. The number of primary amides is 1. The molecule has 0 bridgehead atoms. The van der Waals surface area contributed by atoms with E-state index in [4.69, 9.17) is 10.5 Å². The van der Waals surface area contributed by atoms with Crippen LogP contribution in [-0.4, -0.2) is 37.6 Å². The Hall–Kier alpha value is -2.17. The zero-order chi connectivity index (χ0) is 19.1. The average molecular weight is 367 g/mol. The number of carbonyl (C=O) groups is 1. The second-order valence-electron chi connectivity index (χ2n) is 7.50. The number of methoxy groups -OCH3 is 1. The molecule has 0 aliphatic carbocycles. The number of benzene rings is 2. The van der Waals surface area contributed by atoms with Crippen LogP contribution in [0.5, 0.6) is 0 Å². The van der Waals surface area contributed by atoms with Gasteiger partial charge in [0.15, 0.2) is 0 Å². The van der Waals surface area contributed by atoms with Crippen molar-refractivity contribution < 1.29 is 9.53 Å². The molecule has 0 radical (unpaired) electrons. The van der Waals surface area contributed by atoms with Crippen molar-refractivity contribution in [1.82, 2.24) is 4.90 Å². The summed E-state index contributed by atoms with van der Waals surface area (Å²) in [5, 5.41) is 0. The highest BCUT2D eigenvalue weighted by molar-refractivity contribution is 5.86. The van der Waals surface area contributed by atoms with Crippen molar-refractivity contribution in [3.63, 3.8) is 0 Å². The summed E-state index contributed by atoms with van der Waals surface area (Å²) in [7, 11) is 1.74. The largest absolute Gasteiger partial charge is 0.385 e. The van der Waals surface area contributed by atoms with Gasteiger partial charge in [-0.25, -0.2) is 0 Å². The van der Waals surface area contributed by atoms with Crippen molar-refractivity contribution in [3.8, 4) is 0 Å². The van der Waals surface area contributed by atoms with Crippen LogP contribution in [-0.2, 0) is 27.9 Å². The second-order valence-corrected chi connectivity index (χ2v) is 7.50. The fraction of sp³-hybridized carbons (Fsp3) is 0.435. The summed E-state index contributed by atoms with van der Waals surface area (Å²) in [5.41, 5.74) is 9.06. The van der Waals surface area contributed by atoms with Gasteiger partial charge in [-0.3, -0.25) is 9.69 Å². The van der Waals surface area contributed by atoms with Crippen molar-refractivity contribution in [2.75, 3.05) is 26.8 Å². The van der Waals surface area contributed by atoms with Gasteiger partial charge < -0.3 is 10.5 Å². The van der Waals surface area contributed by atoms with Gasteiger partial charge in [0.05, 0.1) is 5.41 Å². The molecule has 27 heavy (non-hydrogen) atoms. The van der Waals surface area contributed by atoms with Gasteiger partial charge in [0, 0.05) is 20.3 Å². The minimum Gasteiger partial charge on any atom is -0.385 e. The van der Waals surface area contributed by atoms with Crippen LogP contribution >= 0.6 is 0 Å². The van der Waals surface area contributed by atoms with Gasteiger partial charge in [-0.15, -0.1) is 0 Å². The number of ether oxygens (including phenoxy) is 1. The van der Waals surface area contributed by atoms with Gasteiger partial charge in [-0.2, -0.15) is 0 Å². The Morgan fingerprint density at radius 3 is 2.44 bits per heavy atom. The second kappa shape index (κ2) is 9.16. The van der Waals surface area contributed by atoms with Crippen molar-refractivity contribution in [2.24, 2.45) is 5.73 Å². The first-order valence-electron chi connectivity index (χ1n) is 9.78. The maximum absolute atomic E-state index is 12.3. The van der Waals surface area contributed by atoms with Crippen LogP contribution in [0.3, 0.4) is 0 Å². The van der Waals surface area contributed by atoms with E-state index in [1.54, 1.807) is 7.11 Å². The molecule has 1 aliphatic rings. The molecule has 2 aromatic rings. The Kier molecular flexibility index (Phi) is 6.64. The van der Waals surface area contributed by atoms with Crippen LogP contribution in [0.1, 0.15) is 36.0 Å². The third-order valence-corrected chi connectivity index (χ3v) is 5.72. The molecule has 0 aromatic heterocycles. The molecule has 144 valence electrons. The first-order chi connectivity index (χ1) is 13.1. The quantitative estimate of drug-likeness (QED) is 0.730. The van der Waals surface area contributed by atoms with Crippen LogP contribution in [0.25, 0.3) is 0 Å². The number of nitrogens with two attached hydrogens (primary N) is 1. The molecule has 1 fully saturated rings. The Morgan fingerprint density at radius 1 is 1.07 bits per heavy atom. The predicted molar refractivity (Wildman–Crippen MR) is 108 cm³/mol. The molecule has 0 saturated carbocycles. The maximum atomic E-state index is 12.3. The zero-order valence-electron chi connectivity index (χ0n) is 16.2. The smallest absolute Gasteiger partial charge is 0.228 e. The van der Waals surface area contributed by atoms with Gasteiger partial charge >= 0.3 is 0 Å². The van der Waals surface area contributed by atoms with E-state index in [1.165, 1.54) is 11.1 Å². The summed E-state index contributed by atoms with van der Waals surface area (Å²) in [6.45, 7) is 3.48. The van der Waals surface area contributed by atoms with E-state index in [1.807, 2.05) is 30.3 Å². The van der Waals surface area contributed by atoms with E-state index < -0.39 is 5.41 Å². The van der Waals surface area contributed by atoms with Gasteiger partial charge in [0.25, 0.3) is 0 Å². The minimum absolute atomic E-state index is 0.200. The molecule has 4 heteroatoms. The van der Waals surface area contributed by atoms with Crippen molar-refractivity contribution in [1.29, 1.82) is 0 Å². The molecular formula is C23H30N2O2. The van der Waals surface area contributed by atoms with Crippen LogP contribution in [0.2, 0.25) is 0 Å². The highest BCUT2D eigenvalue weighted by Crippen LogP contribution is 2.35. The molecule has 2 aromatic carbocycles. The number of hydrogen-bond donors (Lipinski definition) is 1. The van der Waals surface area contributed by atoms with E-state index in [0.717, 1.165) is 57.5 Å². The minimum atomic E-state index is -0.528. The van der Waals surface area contributed by atoms with Gasteiger partial charge in [-0.1, -0.05) is 54.6 Å². The number of carbonyl (C=O) groups excluding carboxylic acids is 1. The number of rotatable bonds is 8. The molecule has 0 atom stereocenters. The highest BCUT2D eigenvalue weighted by atomic mass is 16.5. The van der Waals surface area contributed by atoms with Crippen LogP contribution in [0, 0.1) is 0 Å².